The minimum atomic E-state index is -3.87. The molecule has 4 aromatic rings. The van der Waals surface area contributed by atoms with Crippen LogP contribution in [0.15, 0.2) is 63.5 Å². The van der Waals surface area contributed by atoms with Crippen LogP contribution in [-0.2, 0) is 15.6 Å². The van der Waals surface area contributed by atoms with E-state index in [4.69, 9.17) is 14.7 Å². The van der Waals surface area contributed by atoms with Crippen LogP contribution in [0.4, 0.5) is 26.2 Å². The second-order valence-corrected chi connectivity index (χ2v) is 14.0. The molecule has 0 bridgehead atoms. The monoisotopic (exact) mass is 658 g/mol. The summed E-state index contributed by atoms with van der Waals surface area (Å²) >= 11 is 1.27. The van der Waals surface area contributed by atoms with Crippen molar-refractivity contribution >= 4 is 39.1 Å². The molecule has 1 fully saturated rings. The van der Waals surface area contributed by atoms with Crippen LogP contribution in [0, 0.1) is 18.6 Å². The van der Waals surface area contributed by atoms with Crippen LogP contribution in [-0.4, -0.2) is 98.9 Å². The predicted molar refractivity (Wildman–Crippen MR) is 170 cm³/mol. The summed E-state index contributed by atoms with van der Waals surface area (Å²) in [6, 6.07) is 10.9. The molecule has 45 heavy (non-hydrogen) atoms. The van der Waals surface area contributed by atoms with Gasteiger partial charge in [-0.05, 0) is 63.1 Å². The molecule has 0 spiro atoms. The van der Waals surface area contributed by atoms with Crippen LogP contribution in [0.25, 0.3) is 0 Å². The first-order valence-corrected chi connectivity index (χ1v) is 16.8. The minimum Gasteiger partial charge on any atom is -0.490 e. The van der Waals surface area contributed by atoms with Gasteiger partial charge in [-0.2, -0.15) is 5.10 Å². The molecule has 5 rings (SSSR count). The molecule has 1 saturated heterocycles. The number of methoxy groups -OCH3 is 1. The highest BCUT2D eigenvalue weighted by Crippen LogP contribution is 2.38. The number of nitrogens with one attached hydrogen (secondary N) is 2. The fraction of sp³-hybridized carbons (Fsp3) is 0.367. The number of ether oxygens (including phenoxy) is 1. The van der Waals surface area contributed by atoms with Gasteiger partial charge in [0.2, 0.25) is 5.75 Å². The molecule has 2 aromatic carbocycles. The maximum Gasteiger partial charge on any atom is 0.204 e. The van der Waals surface area contributed by atoms with Crippen LogP contribution < -0.4 is 15.0 Å². The summed E-state index contributed by atoms with van der Waals surface area (Å²) in [5, 5.41) is 10.9. The van der Waals surface area contributed by atoms with Crippen LogP contribution in [0.3, 0.4) is 0 Å². The SMILES string of the molecule is COc1c(Nc2cc(C)[nH]n2)nc(Sc2ccc(S(=O)(=O)Cc3ccc(F)cc3F)cc2)nc1N1CCN(CCN(C)C)CC1. The molecule has 240 valence electrons. The van der Waals surface area contributed by atoms with Gasteiger partial charge in [-0.15, -0.1) is 0 Å². The third-order valence-corrected chi connectivity index (χ3v) is 9.83. The Balaban J connectivity index is 1.39. The van der Waals surface area contributed by atoms with Crippen molar-refractivity contribution < 1.29 is 21.9 Å². The van der Waals surface area contributed by atoms with Gasteiger partial charge in [-0.25, -0.2) is 27.2 Å². The van der Waals surface area contributed by atoms with E-state index in [-0.39, 0.29) is 10.5 Å². The topological polar surface area (TPSA) is 120 Å². The van der Waals surface area contributed by atoms with Crippen molar-refractivity contribution in [3.63, 3.8) is 0 Å². The van der Waals surface area contributed by atoms with Crippen molar-refractivity contribution in [1.82, 2.24) is 30.0 Å². The third-order valence-electron chi connectivity index (χ3n) is 7.27. The molecule has 15 heteroatoms. The Morgan fingerprint density at radius 2 is 1.78 bits per heavy atom. The maximum absolute atomic E-state index is 14.1. The summed E-state index contributed by atoms with van der Waals surface area (Å²) in [6.45, 7) is 7.14. The second kappa shape index (κ2) is 14.1. The summed E-state index contributed by atoms with van der Waals surface area (Å²) in [5.41, 5.74) is 0.783. The molecule has 3 heterocycles. The Hall–Kier alpha value is -3.79. The van der Waals surface area contributed by atoms with E-state index in [1.807, 2.05) is 13.0 Å². The zero-order valence-corrected chi connectivity index (χ0v) is 27.2. The van der Waals surface area contributed by atoms with Crippen LogP contribution in [0.2, 0.25) is 0 Å². The Kier molecular flexibility index (Phi) is 10.2. The van der Waals surface area contributed by atoms with Gasteiger partial charge in [0.1, 0.15) is 11.6 Å². The number of piperazine rings is 1. The lowest BCUT2D eigenvalue weighted by Crippen LogP contribution is -2.48. The average Bonchev–Trinajstić information content (AvgIpc) is 3.42. The molecule has 1 aliphatic heterocycles. The van der Waals surface area contributed by atoms with E-state index >= 15 is 0 Å². The molecule has 0 aliphatic carbocycles. The Morgan fingerprint density at radius 1 is 1.04 bits per heavy atom. The number of anilines is 3. The van der Waals surface area contributed by atoms with E-state index in [1.54, 1.807) is 19.2 Å². The molecule has 2 aromatic heterocycles. The Bertz CT molecular complexity index is 1730. The van der Waals surface area contributed by atoms with Crippen molar-refractivity contribution in [2.45, 2.75) is 27.6 Å². The van der Waals surface area contributed by atoms with Crippen LogP contribution in [0.1, 0.15) is 11.3 Å². The van der Waals surface area contributed by atoms with Crippen molar-refractivity contribution in [3.05, 3.63) is 71.4 Å². The van der Waals surface area contributed by atoms with Gasteiger partial charge in [0, 0.05) is 67.6 Å². The lowest BCUT2D eigenvalue weighted by Gasteiger charge is -2.36. The summed E-state index contributed by atoms with van der Waals surface area (Å²) in [7, 11) is 1.84. The number of hydrogen-bond acceptors (Lipinski definition) is 11. The highest BCUT2D eigenvalue weighted by molar-refractivity contribution is 7.99. The van der Waals surface area contributed by atoms with Gasteiger partial charge in [0.25, 0.3) is 0 Å². The number of aromatic nitrogens is 4. The molecule has 1 aliphatic rings. The van der Waals surface area contributed by atoms with Gasteiger partial charge in [-0.1, -0.05) is 6.07 Å². The fourth-order valence-electron chi connectivity index (χ4n) is 4.83. The molecular formula is C30H36F2N8O3S2. The normalized spacial score (nSPS) is 14.2. The average molecular weight is 659 g/mol. The van der Waals surface area contributed by atoms with Crippen molar-refractivity contribution in [2.24, 2.45) is 0 Å². The molecule has 2 N–H and O–H groups in total. The number of benzene rings is 2. The van der Waals surface area contributed by atoms with Crippen molar-refractivity contribution in [1.29, 1.82) is 0 Å². The Morgan fingerprint density at radius 3 is 2.40 bits per heavy atom. The predicted octanol–water partition coefficient (Wildman–Crippen LogP) is 4.35. The number of halogens is 2. The molecule has 0 atom stereocenters. The molecule has 0 saturated carbocycles. The number of aryl methyl sites for hydroxylation is 1. The lowest BCUT2D eigenvalue weighted by molar-refractivity contribution is 0.228. The molecular weight excluding hydrogens is 623 g/mol. The maximum atomic E-state index is 14.1. The van der Waals surface area contributed by atoms with E-state index in [9.17, 15) is 17.2 Å². The van der Waals surface area contributed by atoms with Crippen molar-refractivity contribution in [3.8, 4) is 5.75 Å². The molecule has 0 radical (unpaired) electrons. The highest BCUT2D eigenvalue weighted by atomic mass is 32.2. The fourth-order valence-corrected chi connectivity index (χ4v) is 6.94. The number of nitrogens with zero attached hydrogens (tertiary/aromatic N) is 6. The van der Waals surface area contributed by atoms with E-state index in [2.05, 4.69) is 44.3 Å². The first-order valence-electron chi connectivity index (χ1n) is 14.3. The number of H-pyrrole nitrogens is 1. The van der Waals surface area contributed by atoms with Crippen LogP contribution in [0.5, 0.6) is 5.75 Å². The van der Waals surface area contributed by atoms with Crippen molar-refractivity contribution in [2.75, 3.05) is 70.7 Å². The zero-order valence-electron chi connectivity index (χ0n) is 25.5. The van der Waals surface area contributed by atoms with E-state index in [1.165, 1.54) is 23.9 Å². The van der Waals surface area contributed by atoms with Gasteiger partial charge >= 0.3 is 0 Å². The van der Waals surface area contributed by atoms with E-state index in [0.29, 0.717) is 39.3 Å². The van der Waals surface area contributed by atoms with Gasteiger partial charge < -0.3 is 19.9 Å². The number of aromatic amines is 1. The lowest BCUT2D eigenvalue weighted by atomic mass is 10.2. The largest absolute Gasteiger partial charge is 0.490 e. The first kappa shape index (κ1) is 32.6. The quantitative estimate of drug-likeness (QED) is 0.212. The van der Waals surface area contributed by atoms with E-state index in [0.717, 1.165) is 57.1 Å². The molecule has 0 amide bonds. The smallest absolute Gasteiger partial charge is 0.204 e. The summed E-state index contributed by atoms with van der Waals surface area (Å²) in [5.74, 6) is -0.0739. The highest BCUT2D eigenvalue weighted by Gasteiger charge is 2.26. The van der Waals surface area contributed by atoms with Gasteiger partial charge in [0.15, 0.2) is 32.4 Å². The van der Waals surface area contributed by atoms with E-state index < -0.39 is 27.2 Å². The van der Waals surface area contributed by atoms with Crippen LogP contribution >= 0.6 is 11.8 Å². The molecule has 11 nitrogen and oxygen atoms in total. The summed E-state index contributed by atoms with van der Waals surface area (Å²) in [4.78, 5) is 17.1. The molecule has 0 unspecified atom stereocenters. The van der Waals surface area contributed by atoms with Gasteiger partial charge in [0.05, 0.1) is 17.8 Å². The number of likely N-dealkylation sites (N-methyl/N-ethyl adjacent to an activating group) is 1. The van der Waals surface area contributed by atoms with Gasteiger partial charge in [-0.3, -0.25) is 10.00 Å². The third kappa shape index (κ3) is 8.28. The minimum absolute atomic E-state index is 0.0234. The standard InChI is InChI=1S/C30H36F2N8O3S2/c1-20-17-26(37-36-20)33-28-27(43-4)29(40-15-13-39(14-16-40)12-11-38(2)3)35-30(34-28)44-23-7-9-24(10-8-23)45(41,42)19-21-5-6-22(31)18-25(21)32/h5-10,17-18H,11-16,19H2,1-4H3,(H2,33,34,35,36,37). The Labute approximate surface area is 265 Å². The number of sulfone groups is 1. The number of hydrogen-bond donors (Lipinski definition) is 2. The zero-order chi connectivity index (χ0) is 32.1. The second-order valence-electron chi connectivity index (χ2n) is 11.0. The number of rotatable bonds is 12. The summed E-state index contributed by atoms with van der Waals surface area (Å²) in [6.07, 6.45) is 0. The first-order chi connectivity index (χ1) is 21.5. The summed E-state index contributed by atoms with van der Waals surface area (Å²) < 4.78 is 59.2.